The number of aromatic nitrogens is 1. The third-order valence-electron chi connectivity index (χ3n) is 6.76. The second-order valence-corrected chi connectivity index (χ2v) is 10.3. The zero-order valence-corrected chi connectivity index (χ0v) is 21.8. The summed E-state index contributed by atoms with van der Waals surface area (Å²) < 4.78 is 0. The summed E-state index contributed by atoms with van der Waals surface area (Å²) in [5, 5.41) is 12.6. The molecule has 0 radical (unpaired) electrons. The Kier molecular flexibility index (Phi) is 7.57. The van der Waals surface area contributed by atoms with Gasteiger partial charge in [-0.25, -0.2) is 4.98 Å². The quantitative estimate of drug-likeness (QED) is 0.357. The molecule has 3 aromatic rings. The zero-order valence-electron chi connectivity index (χ0n) is 21.0. The van der Waals surface area contributed by atoms with Gasteiger partial charge in [-0.2, -0.15) is 0 Å². The molecule has 5 nitrogen and oxygen atoms in total. The number of aryl methyl sites for hydroxylation is 1. The molecule has 1 fully saturated rings. The average Bonchev–Trinajstić information content (AvgIpc) is 2.81. The molecule has 0 saturated heterocycles. The van der Waals surface area contributed by atoms with Gasteiger partial charge in [0.2, 0.25) is 0 Å². The Bertz CT molecular complexity index is 1150. The molecule has 4 rings (SSSR count). The highest BCUT2D eigenvalue weighted by Crippen LogP contribution is 2.30. The van der Waals surface area contributed by atoms with Crippen LogP contribution in [0, 0.1) is 6.92 Å². The average molecular weight is 476 g/mol. The minimum Gasteiger partial charge on any atom is -0.377 e. The standard InChI is InChI=1S/C28H37N5S/c1-18(2)22-11-8-9-19(3)27(22)32-28(34)30-21-15-13-20(14-16-21)29-26-17-25(33(4)5)23-10-6-7-12-24(23)31-26/h6-12,17-18,20-21H,13-16H2,1-5H3,(H,29,31)(H2,30,32,34)/t20-,21+. The number of benzene rings is 2. The van der Waals surface area contributed by atoms with E-state index < -0.39 is 0 Å². The molecule has 0 bridgehead atoms. The van der Waals surface area contributed by atoms with Crippen molar-refractivity contribution in [2.45, 2.75) is 64.5 Å². The molecular weight excluding hydrogens is 438 g/mol. The molecule has 0 amide bonds. The molecule has 1 saturated carbocycles. The lowest BCUT2D eigenvalue weighted by Crippen LogP contribution is -2.42. The molecule has 180 valence electrons. The van der Waals surface area contributed by atoms with Crippen LogP contribution in [0.15, 0.2) is 48.5 Å². The maximum Gasteiger partial charge on any atom is 0.171 e. The van der Waals surface area contributed by atoms with Crippen LogP contribution in [-0.4, -0.2) is 36.3 Å². The minimum absolute atomic E-state index is 0.395. The summed E-state index contributed by atoms with van der Waals surface area (Å²) in [4.78, 5) is 7.03. The first-order valence-corrected chi connectivity index (χ1v) is 12.7. The summed E-state index contributed by atoms with van der Waals surface area (Å²) in [6.07, 6.45) is 4.35. The maximum absolute atomic E-state index is 5.69. The molecular formula is C28H37N5S. The van der Waals surface area contributed by atoms with Crippen molar-refractivity contribution < 1.29 is 0 Å². The Morgan fingerprint density at radius 2 is 1.71 bits per heavy atom. The summed E-state index contributed by atoms with van der Waals surface area (Å²) >= 11 is 5.69. The van der Waals surface area contributed by atoms with Gasteiger partial charge in [0.05, 0.1) is 5.52 Å². The maximum atomic E-state index is 5.69. The first-order chi connectivity index (χ1) is 16.3. The van der Waals surface area contributed by atoms with E-state index in [1.54, 1.807) is 0 Å². The molecule has 0 atom stereocenters. The van der Waals surface area contributed by atoms with Crippen LogP contribution in [0.2, 0.25) is 0 Å². The van der Waals surface area contributed by atoms with Crippen LogP contribution < -0.4 is 20.9 Å². The Labute approximate surface area is 209 Å². The molecule has 34 heavy (non-hydrogen) atoms. The van der Waals surface area contributed by atoms with Crippen LogP contribution in [0.3, 0.4) is 0 Å². The smallest absolute Gasteiger partial charge is 0.171 e. The number of pyridine rings is 1. The van der Waals surface area contributed by atoms with E-state index >= 15 is 0 Å². The van der Waals surface area contributed by atoms with Crippen LogP contribution in [0.4, 0.5) is 17.2 Å². The lowest BCUT2D eigenvalue weighted by Gasteiger charge is -2.31. The number of anilines is 3. The molecule has 1 heterocycles. The largest absolute Gasteiger partial charge is 0.377 e. The summed E-state index contributed by atoms with van der Waals surface area (Å²) in [5.74, 6) is 1.40. The van der Waals surface area contributed by atoms with E-state index in [0.29, 0.717) is 18.0 Å². The minimum atomic E-state index is 0.395. The Morgan fingerprint density at radius 3 is 2.41 bits per heavy atom. The lowest BCUT2D eigenvalue weighted by molar-refractivity contribution is 0.388. The number of nitrogens with zero attached hydrogens (tertiary/aromatic N) is 2. The van der Waals surface area contributed by atoms with Crippen molar-refractivity contribution in [1.82, 2.24) is 10.3 Å². The van der Waals surface area contributed by atoms with Gasteiger partial charge in [-0.05, 0) is 67.9 Å². The monoisotopic (exact) mass is 475 g/mol. The highest BCUT2D eigenvalue weighted by molar-refractivity contribution is 7.80. The molecule has 0 unspecified atom stereocenters. The molecule has 0 spiro atoms. The normalized spacial score (nSPS) is 18.1. The van der Waals surface area contributed by atoms with Crippen molar-refractivity contribution in [2.24, 2.45) is 0 Å². The molecule has 1 aliphatic carbocycles. The van der Waals surface area contributed by atoms with E-state index in [1.807, 2.05) is 6.07 Å². The number of rotatable bonds is 6. The summed E-state index contributed by atoms with van der Waals surface area (Å²) in [5.41, 5.74) is 5.89. The lowest BCUT2D eigenvalue weighted by atomic mass is 9.91. The summed E-state index contributed by atoms with van der Waals surface area (Å²) in [6.45, 7) is 6.57. The van der Waals surface area contributed by atoms with Gasteiger partial charge in [0.1, 0.15) is 5.82 Å². The fraction of sp³-hybridized carbons (Fsp3) is 0.429. The van der Waals surface area contributed by atoms with Gasteiger partial charge in [0.15, 0.2) is 5.11 Å². The summed E-state index contributed by atoms with van der Waals surface area (Å²) in [7, 11) is 4.17. The molecule has 1 aromatic heterocycles. The SMILES string of the molecule is Cc1cccc(C(C)C)c1NC(=S)N[C@H]1CC[C@@H](Nc2cc(N(C)C)c3ccccc3n2)CC1. The first kappa shape index (κ1) is 24.3. The van der Waals surface area contributed by atoms with Crippen molar-refractivity contribution in [2.75, 3.05) is 29.6 Å². The van der Waals surface area contributed by atoms with Crippen molar-refractivity contribution in [3.8, 4) is 0 Å². The van der Waals surface area contributed by atoms with Gasteiger partial charge in [-0.15, -0.1) is 0 Å². The van der Waals surface area contributed by atoms with E-state index in [4.69, 9.17) is 17.2 Å². The second kappa shape index (κ2) is 10.6. The van der Waals surface area contributed by atoms with E-state index in [0.717, 1.165) is 47.8 Å². The highest BCUT2D eigenvalue weighted by atomic mass is 32.1. The van der Waals surface area contributed by atoms with Gasteiger partial charge in [-0.1, -0.05) is 50.2 Å². The predicted octanol–water partition coefficient (Wildman–Crippen LogP) is 6.44. The number of fused-ring (bicyclic) bond motifs is 1. The van der Waals surface area contributed by atoms with Gasteiger partial charge in [-0.3, -0.25) is 0 Å². The van der Waals surface area contributed by atoms with E-state index in [2.05, 4.69) is 98.2 Å². The fourth-order valence-electron chi connectivity index (χ4n) is 4.87. The molecule has 0 aliphatic heterocycles. The third kappa shape index (κ3) is 5.61. The number of thiocarbonyl (C=S) groups is 1. The van der Waals surface area contributed by atoms with Crippen LogP contribution in [0.1, 0.15) is 56.6 Å². The molecule has 3 N–H and O–H groups in total. The number of hydrogen-bond acceptors (Lipinski definition) is 4. The van der Waals surface area contributed by atoms with Gasteiger partial charge in [0, 0.05) is 49.0 Å². The second-order valence-electron chi connectivity index (χ2n) is 9.92. The van der Waals surface area contributed by atoms with Crippen LogP contribution in [0.5, 0.6) is 0 Å². The van der Waals surface area contributed by atoms with E-state index in [-0.39, 0.29) is 0 Å². The Hall–Kier alpha value is -2.86. The topological polar surface area (TPSA) is 52.2 Å². The predicted molar refractivity (Wildman–Crippen MR) is 150 cm³/mol. The van der Waals surface area contributed by atoms with Crippen molar-refractivity contribution in [1.29, 1.82) is 0 Å². The Morgan fingerprint density at radius 1 is 1.00 bits per heavy atom. The van der Waals surface area contributed by atoms with Crippen molar-refractivity contribution in [3.63, 3.8) is 0 Å². The molecule has 1 aliphatic rings. The van der Waals surface area contributed by atoms with Gasteiger partial charge in [0.25, 0.3) is 0 Å². The third-order valence-corrected chi connectivity index (χ3v) is 6.98. The van der Waals surface area contributed by atoms with Gasteiger partial charge < -0.3 is 20.9 Å². The fourth-order valence-corrected chi connectivity index (χ4v) is 5.14. The van der Waals surface area contributed by atoms with Crippen LogP contribution >= 0.6 is 12.2 Å². The highest BCUT2D eigenvalue weighted by Gasteiger charge is 2.23. The molecule has 2 aromatic carbocycles. The Balaban J connectivity index is 1.34. The van der Waals surface area contributed by atoms with E-state index in [1.165, 1.54) is 22.2 Å². The van der Waals surface area contributed by atoms with Crippen molar-refractivity contribution >= 4 is 45.4 Å². The number of hydrogen-bond donors (Lipinski definition) is 3. The first-order valence-electron chi connectivity index (χ1n) is 12.3. The number of nitrogens with one attached hydrogen (secondary N) is 3. The van der Waals surface area contributed by atoms with Gasteiger partial charge >= 0.3 is 0 Å². The van der Waals surface area contributed by atoms with Crippen LogP contribution in [-0.2, 0) is 0 Å². The zero-order chi connectivity index (χ0) is 24.2. The number of para-hydroxylation sites is 2. The van der Waals surface area contributed by atoms with E-state index in [9.17, 15) is 0 Å². The summed E-state index contributed by atoms with van der Waals surface area (Å²) in [6, 6.07) is 17.8. The molecule has 6 heteroatoms. The van der Waals surface area contributed by atoms with Crippen molar-refractivity contribution in [3.05, 3.63) is 59.7 Å². The van der Waals surface area contributed by atoms with Crippen LogP contribution in [0.25, 0.3) is 10.9 Å².